The van der Waals surface area contributed by atoms with Crippen molar-refractivity contribution >= 4 is 0 Å². The summed E-state index contributed by atoms with van der Waals surface area (Å²) in [6, 6.07) is 8.37. The molecule has 0 aromatic heterocycles. The minimum atomic E-state index is 0.0472. The summed E-state index contributed by atoms with van der Waals surface area (Å²) in [6.45, 7) is 5.05. The minimum absolute atomic E-state index is 0.0472. The second-order valence-electron chi connectivity index (χ2n) is 6.68. The first-order valence-electron chi connectivity index (χ1n) is 8.15. The Labute approximate surface area is 129 Å². The molecular weight excluding hydrogens is 260 g/mol. The van der Waals surface area contributed by atoms with Crippen molar-refractivity contribution < 1.29 is 4.74 Å². The molecule has 2 N–H and O–H groups in total. The van der Waals surface area contributed by atoms with Crippen LogP contribution in [0.15, 0.2) is 24.3 Å². The molecular formula is C18H30N2O. The molecule has 1 saturated carbocycles. The van der Waals surface area contributed by atoms with E-state index in [1.54, 1.807) is 0 Å². The van der Waals surface area contributed by atoms with Gasteiger partial charge in [-0.05, 0) is 57.5 Å². The van der Waals surface area contributed by atoms with Gasteiger partial charge in [0.15, 0.2) is 0 Å². The van der Waals surface area contributed by atoms with Gasteiger partial charge in [0.1, 0.15) is 5.75 Å². The minimum Gasteiger partial charge on any atom is -0.494 e. The highest BCUT2D eigenvalue weighted by molar-refractivity contribution is 5.31. The molecule has 0 aliphatic heterocycles. The smallest absolute Gasteiger partial charge is 0.119 e. The third kappa shape index (κ3) is 3.41. The lowest BCUT2D eigenvalue weighted by atomic mass is 9.70. The van der Waals surface area contributed by atoms with Gasteiger partial charge in [0.2, 0.25) is 0 Å². The molecule has 0 bridgehead atoms. The van der Waals surface area contributed by atoms with Crippen LogP contribution >= 0.6 is 0 Å². The molecule has 1 aliphatic carbocycles. The molecule has 0 saturated heterocycles. The second-order valence-corrected chi connectivity index (χ2v) is 6.68. The van der Waals surface area contributed by atoms with Gasteiger partial charge in [-0.3, -0.25) is 0 Å². The molecule has 3 nitrogen and oxygen atoms in total. The zero-order valence-corrected chi connectivity index (χ0v) is 13.9. The zero-order valence-electron chi connectivity index (χ0n) is 13.9. The highest BCUT2D eigenvalue weighted by atomic mass is 16.5. The van der Waals surface area contributed by atoms with Crippen LogP contribution in [0.1, 0.15) is 51.1 Å². The van der Waals surface area contributed by atoms with E-state index >= 15 is 0 Å². The zero-order chi connectivity index (χ0) is 15.5. The molecule has 3 unspecified atom stereocenters. The second kappa shape index (κ2) is 6.80. The Balaban J connectivity index is 2.23. The molecule has 118 valence electrons. The number of hydrogen-bond acceptors (Lipinski definition) is 3. The Bertz CT molecular complexity index is 443. The Morgan fingerprint density at radius 1 is 1.33 bits per heavy atom. The average Bonchev–Trinajstić information content (AvgIpc) is 2.47. The van der Waals surface area contributed by atoms with Gasteiger partial charge in [-0.15, -0.1) is 0 Å². The summed E-state index contributed by atoms with van der Waals surface area (Å²) in [5, 5.41) is 0. The first-order valence-corrected chi connectivity index (χ1v) is 8.15. The van der Waals surface area contributed by atoms with Crippen molar-refractivity contribution in [2.24, 2.45) is 11.7 Å². The molecule has 0 spiro atoms. The standard InChI is InChI=1S/C18H30N2O/c1-5-21-16-10-8-15(9-11-16)17(19)18(20(3)4)12-6-7-14(2)13-18/h8-11,14,17H,5-7,12-13,19H2,1-4H3. The number of rotatable bonds is 5. The van der Waals surface area contributed by atoms with E-state index in [0.29, 0.717) is 6.61 Å². The lowest BCUT2D eigenvalue weighted by Crippen LogP contribution is -2.54. The summed E-state index contributed by atoms with van der Waals surface area (Å²) in [4.78, 5) is 2.35. The normalized spacial score (nSPS) is 27.6. The van der Waals surface area contributed by atoms with E-state index in [9.17, 15) is 0 Å². The van der Waals surface area contributed by atoms with E-state index in [1.165, 1.54) is 31.2 Å². The molecule has 1 aromatic carbocycles. The number of likely N-dealkylation sites (N-methyl/N-ethyl adjacent to an activating group) is 1. The maximum absolute atomic E-state index is 6.71. The van der Waals surface area contributed by atoms with E-state index in [-0.39, 0.29) is 11.6 Å². The number of benzene rings is 1. The fourth-order valence-corrected chi connectivity index (χ4v) is 3.78. The van der Waals surface area contributed by atoms with E-state index in [2.05, 4.69) is 38.1 Å². The van der Waals surface area contributed by atoms with Gasteiger partial charge in [0, 0.05) is 11.6 Å². The summed E-state index contributed by atoms with van der Waals surface area (Å²) in [6.07, 6.45) is 4.95. The van der Waals surface area contributed by atoms with Gasteiger partial charge >= 0.3 is 0 Å². The number of nitrogens with zero attached hydrogens (tertiary/aromatic N) is 1. The van der Waals surface area contributed by atoms with Gasteiger partial charge in [-0.2, -0.15) is 0 Å². The largest absolute Gasteiger partial charge is 0.494 e. The quantitative estimate of drug-likeness (QED) is 0.900. The van der Waals surface area contributed by atoms with E-state index in [4.69, 9.17) is 10.5 Å². The molecule has 3 atom stereocenters. The van der Waals surface area contributed by atoms with Crippen molar-refractivity contribution in [2.75, 3.05) is 20.7 Å². The van der Waals surface area contributed by atoms with E-state index in [0.717, 1.165) is 11.7 Å². The summed E-state index contributed by atoms with van der Waals surface area (Å²) in [5.74, 6) is 1.67. The highest BCUT2D eigenvalue weighted by Gasteiger charge is 2.42. The molecule has 1 aromatic rings. The Morgan fingerprint density at radius 2 is 2.00 bits per heavy atom. The monoisotopic (exact) mass is 290 g/mol. The van der Waals surface area contributed by atoms with Crippen molar-refractivity contribution in [2.45, 2.75) is 51.1 Å². The van der Waals surface area contributed by atoms with Gasteiger partial charge in [0.25, 0.3) is 0 Å². The maximum Gasteiger partial charge on any atom is 0.119 e. The summed E-state index contributed by atoms with van der Waals surface area (Å²) in [7, 11) is 4.35. The average molecular weight is 290 g/mol. The third-order valence-electron chi connectivity index (χ3n) is 5.03. The molecule has 0 radical (unpaired) electrons. The molecule has 2 rings (SSSR count). The SMILES string of the molecule is CCOc1ccc(C(N)C2(N(C)C)CCCC(C)C2)cc1. The molecule has 21 heavy (non-hydrogen) atoms. The molecule has 3 heteroatoms. The molecule has 1 fully saturated rings. The van der Waals surface area contributed by atoms with Crippen LogP contribution in [-0.2, 0) is 0 Å². The van der Waals surface area contributed by atoms with Crippen LogP contribution in [-0.4, -0.2) is 31.1 Å². The number of hydrogen-bond donors (Lipinski definition) is 1. The lowest BCUT2D eigenvalue weighted by Gasteiger charge is -2.49. The highest BCUT2D eigenvalue weighted by Crippen LogP contribution is 2.43. The Morgan fingerprint density at radius 3 is 2.52 bits per heavy atom. The van der Waals surface area contributed by atoms with Crippen molar-refractivity contribution in [3.63, 3.8) is 0 Å². The summed E-state index contributed by atoms with van der Waals surface area (Å²) >= 11 is 0. The number of ether oxygens (including phenoxy) is 1. The third-order valence-corrected chi connectivity index (χ3v) is 5.03. The van der Waals surface area contributed by atoms with Crippen molar-refractivity contribution in [3.05, 3.63) is 29.8 Å². The van der Waals surface area contributed by atoms with Gasteiger partial charge in [-0.1, -0.05) is 31.9 Å². The lowest BCUT2D eigenvalue weighted by molar-refractivity contribution is 0.0499. The fraction of sp³-hybridized carbons (Fsp3) is 0.667. The molecule has 0 amide bonds. The van der Waals surface area contributed by atoms with Crippen molar-refractivity contribution in [3.8, 4) is 5.75 Å². The van der Waals surface area contributed by atoms with E-state index < -0.39 is 0 Å². The van der Waals surface area contributed by atoms with Gasteiger partial charge in [0.05, 0.1) is 6.61 Å². The Hall–Kier alpha value is -1.06. The van der Waals surface area contributed by atoms with Crippen LogP contribution in [0, 0.1) is 5.92 Å². The van der Waals surface area contributed by atoms with Crippen LogP contribution < -0.4 is 10.5 Å². The van der Waals surface area contributed by atoms with E-state index in [1.807, 2.05) is 19.1 Å². The van der Waals surface area contributed by atoms with Crippen LogP contribution in [0.3, 0.4) is 0 Å². The Kier molecular flexibility index (Phi) is 5.28. The number of nitrogens with two attached hydrogens (primary N) is 1. The van der Waals surface area contributed by atoms with Crippen LogP contribution in [0.4, 0.5) is 0 Å². The van der Waals surface area contributed by atoms with Crippen LogP contribution in [0.2, 0.25) is 0 Å². The van der Waals surface area contributed by atoms with Gasteiger partial charge in [-0.25, -0.2) is 0 Å². The summed E-state index contributed by atoms with van der Waals surface area (Å²) < 4.78 is 5.52. The van der Waals surface area contributed by atoms with Crippen molar-refractivity contribution in [1.29, 1.82) is 0 Å². The topological polar surface area (TPSA) is 38.5 Å². The fourth-order valence-electron chi connectivity index (χ4n) is 3.78. The summed E-state index contributed by atoms with van der Waals surface area (Å²) in [5.41, 5.74) is 7.99. The van der Waals surface area contributed by atoms with Crippen molar-refractivity contribution in [1.82, 2.24) is 4.90 Å². The first-order chi connectivity index (χ1) is 9.99. The molecule has 1 aliphatic rings. The predicted molar refractivity (Wildman–Crippen MR) is 88.6 cm³/mol. The van der Waals surface area contributed by atoms with Gasteiger partial charge < -0.3 is 15.4 Å². The van der Waals surface area contributed by atoms with Crippen LogP contribution in [0.5, 0.6) is 5.75 Å². The molecule has 0 heterocycles. The predicted octanol–water partition coefficient (Wildman–Crippen LogP) is 3.60. The maximum atomic E-state index is 6.71. The first kappa shape index (κ1) is 16.3. The van der Waals surface area contributed by atoms with Crippen LogP contribution in [0.25, 0.3) is 0 Å².